The van der Waals surface area contributed by atoms with E-state index in [0.717, 1.165) is 34.0 Å². The van der Waals surface area contributed by atoms with Crippen LogP contribution in [0.5, 0.6) is 5.75 Å². The summed E-state index contributed by atoms with van der Waals surface area (Å²) in [5.74, 6) is 1.10. The van der Waals surface area contributed by atoms with Crippen molar-refractivity contribution in [2.45, 2.75) is 25.8 Å². The van der Waals surface area contributed by atoms with Gasteiger partial charge in [-0.3, -0.25) is 9.74 Å². The lowest BCUT2D eigenvalue weighted by Gasteiger charge is -2.31. The topological polar surface area (TPSA) is 97.1 Å². The molecule has 3 aromatic carbocycles. The zero-order valence-corrected chi connectivity index (χ0v) is 25.3. The summed E-state index contributed by atoms with van der Waals surface area (Å²) in [6, 6.07) is 18.3. The first-order valence-corrected chi connectivity index (χ1v) is 14.8. The average molecular weight is 636 g/mol. The van der Waals surface area contributed by atoms with Gasteiger partial charge in [-0.05, 0) is 47.5 Å². The van der Waals surface area contributed by atoms with Crippen molar-refractivity contribution in [3.63, 3.8) is 0 Å². The Morgan fingerprint density at radius 1 is 1.11 bits per heavy atom. The number of hydroxylamine groups is 1. The van der Waals surface area contributed by atoms with Crippen molar-refractivity contribution in [2.24, 2.45) is 4.99 Å². The summed E-state index contributed by atoms with van der Waals surface area (Å²) >= 11 is 1.51. The molecule has 1 fully saturated rings. The summed E-state index contributed by atoms with van der Waals surface area (Å²) in [5.41, 5.74) is 8.82. The summed E-state index contributed by atoms with van der Waals surface area (Å²) in [4.78, 5) is 30.8. The summed E-state index contributed by atoms with van der Waals surface area (Å²) in [5, 5.41) is 5.00. The van der Waals surface area contributed by atoms with Crippen LogP contribution in [0.2, 0.25) is 0 Å². The van der Waals surface area contributed by atoms with Crippen LogP contribution in [-0.2, 0) is 11.4 Å². The molecule has 232 valence electrons. The highest BCUT2D eigenvalue weighted by Crippen LogP contribution is 2.44. The van der Waals surface area contributed by atoms with Crippen LogP contribution < -0.4 is 20.0 Å². The van der Waals surface area contributed by atoms with Gasteiger partial charge in [0.25, 0.3) is 0 Å². The zero-order chi connectivity index (χ0) is 31.7. The Labute approximate surface area is 261 Å². The lowest BCUT2D eigenvalue weighted by atomic mass is 9.93. The molecule has 14 heteroatoms. The van der Waals surface area contributed by atoms with Crippen molar-refractivity contribution in [2.75, 3.05) is 29.6 Å². The number of hydrogen-bond acceptors (Lipinski definition) is 7. The van der Waals surface area contributed by atoms with Crippen LogP contribution >= 0.6 is 11.8 Å². The number of amides is 2. The third-order valence-corrected chi connectivity index (χ3v) is 8.14. The van der Waals surface area contributed by atoms with E-state index in [-0.39, 0.29) is 18.3 Å². The highest BCUT2D eigenvalue weighted by molar-refractivity contribution is 8.14. The molecule has 0 aliphatic carbocycles. The molecular formula is C31H28F3N7O3S. The van der Waals surface area contributed by atoms with Gasteiger partial charge in [-0.1, -0.05) is 55.1 Å². The number of urea groups is 1. The van der Waals surface area contributed by atoms with E-state index in [1.165, 1.54) is 52.6 Å². The number of aromatic nitrogens is 3. The first-order valence-electron chi connectivity index (χ1n) is 13.9. The fourth-order valence-corrected chi connectivity index (χ4v) is 5.98. The second-order valence-electron chi connectivity index (χ2n) is 10.5. The van der Waals surface area contributed by atoms with E-state index in [9.17, 15) is 18.0 Å². The van der Waals surface area contributed by atoms with Crippen LogP contribution in [-0.4, -0.2) is 52.2 Å². The minimum absolute atomic E-state index is 0.111. The van der Waals surface area contributed by atoms with E-state index < -0.39 is 12.4 Å². The molecule has 1 N–H and O–H groups in total. The number of aliphatic imine (C=N–C) groups is 1. The molecule has 0 radical (unpaired) electrons. The van der Waals surface area contributed by atoms with Crippen molar-refractivity contribution in [3.8, 4) is 22.8 Å². The number of nitrogens with one attached hydrogen (secondary N) is 1. The van der Waals surface area contributed by atoms with Crippen molar-refractivity contribution in [3.05, 3.63) is 96.0 Å². The number of amidine groups is 1. The number of thioether (sulfide) groups is 1. The molecule has 0 spiro atoms. The molecule has 6 rings (SSSR count). The Bertz CT molecular complexity index is 1770. The third kappa shape index (κ3) is 6.81. The number of ether oxygens (including phenoxy) is 1. The number of hydrogen-bond donors (Lipinski definition) is 1. The van der Waals surface area contributed by atoms with Gasteiger partial charge < -0.3 is 9.64 Å². The molecule has 4 aromatic rings. The standard InChI is InChI=1S/C31H28F3N7O3S/c1-19-14-24-17-45-30(41(24)27-15-23(39(2)3)10-13-26(19)27)36-29(42)38-43-16-20-4-6-21(7-5-20)28-35-18-40(37-28)22-8-11-25(12-9-22)44-31(32,33)34/h4-15,18-19H,16-17H2,1-3H3,(H,38,42). The number of rotatable bonds is 7. The SMILES string of the molecule is CC1C=C2CSC(=NC(=O)NOCc3ccc(-c4ncn(-c5ccc(OC(F)(F)F)cc5)n4)cc3)N2c2cc(N(C)C)ccc21. The fourth-order valence-electron chi connectivity index (χ4n) is 4.98. The van der Waals surface area contributed by atoms with E-state index in [1.54, 1.807) is 12.1 Å². The van der Waals surface area contributed by atoms with E-state index in [4.69, 9.17) is 4.84 Å². The van der Waals surface area contributed by atoms with E-state index >= 15 is 0 Å². The van der Waals surface area contributed by atoms with Crippen molar-refractivity contribution >= 4 is 34.3 Å². The molecular weight excluding hydrogens is 607 g/mol. The smallest absolute Gasteiger partial charge is 0.406 e. The Hall–Kier alpha value is -4.82. The van der Waals surface area contributed by atoms with Crippen LogP contribution in [0.25, 0.3) is 17.1 Å². The van der Waals surface area contributed by atoms with Crippen molar-refractivity contribution in [1.29, 1.82) is 0 Å². The molecule has 1 atom stereocenters. The number of carbonyl (C=O) groups excluding carboxylic acids is 1. The Kier molecular flexibility index (Phi) is 8.25. The fraction of sp³-hybridized carbons (Fsp3) is 0.226. The summed E-state index contributed by atoms with van der Waals surface area (Å²) in [6.07, 6.45) is -1.08. The van der Waals surface area contributed by atoms with Crippen LogP contribution in [0.15, 0.2) is 89.8 Å². The van der Waals surface area contributed by atoms with Crippen LogP contribution in [0, 0.1) is 0 Å². The number of fused-ring (bicyclic) bond motifs is 3. The first-order chi connectivity index (χ1) is 21.5. The molecule has 3 heterocycles. The molecule has 0 saturated carbocycles. The number of benzene rings is 3. The first kappa shape index (κ1) is 30.2. The van der Waals surface area contributed by atoms with Gasteiger partial charge in [0.05, 0.1) is 18.0 Å². The molecule has 1 unspecified atom stereocenters. The second kappa shape index (κ2) is 12.3. The van der Waals surface area contributed by atoms with Crippen LogP contribution in [0.4, 0.5) is 29.3 Å². The summed E-state index contributed by atoms with van der Waals surface area (Å²) < 4.78 is 42.6. The molecule has 45 heavy (non-hydrogen) atoms. The lowest BCUT2D eigenvalue weighted by Crippen LogP contribution is -2.29. The zero-order valence-electron chi connectivity index (χ0n) is 24.4. The maximum atomic E-state index is 12.7. The lowest BCUT2D eigenvalue weighted by molar-refractivity contribution is -0.274. The molecule has 2 aliphatic heterocycles. The normalized spacial score (nSPS) is 16.7. The molecule has 10 nitrogen and oxygen atoms in total. The number of allylic oxidation sites excluding steroid dienone is 1. The van der Waals surface area contributed by atoms with Gasteiger partial charge >= 0.3 is 12.4 Å². The Balaban J connectivity index is 1.05. The number of anilines is 2. The predicted octanol–water partition coefficient (Wildman–Crippen LogP) is 6.65. The number of carbonyl (C=O) groups is 1. The van der Waals surface area contributed by atoms with Gasteiger partial charge in [-0.25, -0.2) is 19.9 Å². The second-order valence-corrected chi connectivity index (χ2v) is 11.5. The van der Waals surface area contributed by atoms with Gasteiger partial charge in [-0.15, -0.1) is 18.3 Å². The van der Waals surface area contributed by atoms with Crippen LogP contribution in [0.3, 0.4) is 0 Å². The van der Waals surface area contributed by atoms with E-state index in [0.29, 0.717) is 16.7 Å². The number of nitrogens with zero attached hydrogens (tertiary/aromatic N) is 6. The minimum Gasteiger partial charge on any atom is -0.406 e. The van der Waals surface area contributed by atoms with Gasteiger partial charge in [-0.2, -0.15) is 4.99 Å². The monoisotopic (exact) mass is 635 g/mol. The number of halogens is 3. The summed E-state index contributed by atoms with van der Waals surface area (Å²) in [7, 11) is 3.99. The average Bonchev–Trinajstić information content (AvgIpc) is 3.65. The predicted molar refractivity (Wildman–Crippen MR) is 166 cm³/mol. The maximum absolute atomic E-state index is 12.7. The Morgan fingerprint density at radius 2 is 1.87 bits per heavy atom. The molecule has 1 aromatic heterocycles. The Morgan fingerprint density at radius 3 is 2.58 bits per heavy atom. The van der Waals surface area contributed by atoms with Crippen molar-refractivity contribution < 1.29 is 27.5 Å². The third-order valence-electron chi connectivity index (χ3n) is 7.17. The van der Waals surface area contributed by atoms with Gasteiger partial charge in [0, 0.05) is 42.7 Å². The summed E-state index contributed by atoms with van der Waals surface area (Å²) in [6.45, 7) is 2.27. The maximum Gasteiger partial charge on any atom is 0.573 e. The molecule has 0 bridgehead atoms. The van der Waals surface area contributed by atoms with E-state index in [1.807, 2.05) is 36.0 Å². The molecule has 2 amide bonds. The number of alkyl halides is 3. The minimum atomic E-state index is -4.76. The highest BCUT2D eigenvalue weighted by Gasteiger charge is 2.34. The highest BCUT2D eigenvalue weighted by atomic mass is 32.2. The van der Waals surface area contributed by atoms with Gasteiger partial charge in [0.2, 0.25) is 0 Å². The van der Waals surface area contributed by atoms with Crippen molar-refractivity contribution in [1.82, 2.24) is 20.2 Å². The van der Waals surface area contributed by atoms with Gasteiger partial charge in [0.15, 0.2) is 11.0 Å². The molecule has 1 saturated heterocycles. The quantitative estimate of drug-likeness (QED) is 0.226. The van der Waals surface area contributed by atoms with Crippen LogP contribution in [0.1, 0.15) is 24.0 Å². The van der Waals surface area contributed by atoms with Gasteiger partial charge in [0.1, 0.15) is 12.1 Å². The molecule has 2 aliphatic rings. The largest absolute Gasteiger partial charge is 0.573 e. The van der Waals surface area contributed by atoms with E-state index in [2.05, 4.69) is 56.5 Å².